The zero-order valence-corrected chi connectivity index (χ0v) is 20.0. The highest BCUT2D eigenvalue weighted by atomic mass is 28.4. The number of rotatable bonds is 6. The lowest BCUT2D eigenvalue weighted by molar-refractivity contribution is -0.203. The van der Waals surface area contributed by atoms with Crippen molar-refractivity contribution in [3.63, 3.8) is 0 Å². The predicted octanol–water partition coefficient (Wildman–Crippen LogP) is 4.40. The summed E-state index contributed by atoms with van der Waals surface area (Å²) in [6.45, 7) is 22.1. The van der Waals surface area contributed by atoms with Crippen LogP contribution in [-0.4, -0.2) is 38.8 Å². The van der Waals surface area contributed by atoms with E-state index < -0.39 is 43.0 Å². The number of hydrogen-bond donors (Lipinski definition) is 2. The minimum atomic E-state index is -2.32. The third-order valence-corrected chi connectivity index (χ3v) is 10.0. The van der Waals surface area contributed by atoms with E-state index in [1.54, 1.807) is 0 Å². The fourth-order valence-electron chi connectivity index (χ4n) is 3.55. The van der Waals surface area contributed by atoms with Crippen LogP contribution in [0.15, 0.2) is 0 Å². The zero-order chi connectivity index (χ0) is 22.1. The Labute approximate surface area is 165 Å². The van der Waals surface area contributed by atoms with Gasteiger partial charge >= 0.3 is 12.2 Å². The maximum absolute atomic E-state index is 11.9. The topological polar surface area (TPSA) is 114 Å². The van der Waals surface area contributed by atoms with Gasteiger partial charge in [0.15, 0.2) is 13.9 Å². The first-order valence-electron chi connectivity index (χ1n) is 9.27. The Bertz CT molecular complexity index is 528. The van der Waals surface area contributed by atoms with Gasteiger partial charge in [0, 0.05) is 10.8 Å². The second kappa shape index (κ2) is 7.99. The van der Waals surface area contributed by atoms with Crippen molar-refractivity contribution in [3.05, 3.63) is 0 Å². The Hall–Kier alpha value is -1.28. The van der Waals surface area contributed by atoms with E-state index in [4.69, 9.17) is 25.4 Å². The number of ether oxygens (including phenoxy) is 2. The van der Waals surface area contributed by atoms with Gasteiger partial charge in [-0.15, -0.1) is 0 Å². The van der Waals surface area contributed by atoms with Crippen molar-refractivity contribution in [2.24, 2.45) is 22.3 Å². The molecule has 0 fully saturated rings. The third kappa shape index (κ3) is 5.84. The standard InChI is InChI=1S/C19H40N2O5Si/c1-16(2,3)19(17(4,5)6,25-15(21)23)13(12-24-14(20)22)26-27(10,11)18(7,8)9/h13H,12H2,1-11H3,(H2,20,22)(H2,21,23). The van der Waals surface area contributed by atoms with Crippen LogP contribution in [0.3, 0.4) is 0 Å². The minimum Gasteiger partial charge on any atom is -0.447 e. The number of amides is 2. The lowest BCUT2D eigenvalue weighted by Gasteiger charge is -2.57. The highest BCUT2D eigenvalue weighted by molar-refractivity contribution is 6.74. The van der Waals surface area contributed by atoms with E-state index >= 15 is 0 Å². The van der Waals surface area contributed by atoms with E-state index in [9.17, 15) is 9.59 Å². The molecule has 1 unspecified atom stereocenters. The second-order valence-electron chi connectivity index (χ2n) is 10.7. The van der Waals surface area contributed by atoms with Gasteiger partial charge in [0.25, 0.3) is 0 Å². The molecule has 0 aromatic heterocycles. The molecule has 0 aliphatic heterocycles. The molecule has 1 atom stereocenters. The first-order chi connectivity index (χ1) is 11.7. The first-order valence-corrected chi connectivity index (χ1v) is 12.2. The fraction of sp³-hybridized carbons (Fsp3) is 0.895. The Morgan fingerprint density at radius 2 is 1.26 bits per heavy atom. The van der Waals surface area contributed by atoms with Crippen LogP contribution in [0.4, 0.5) is 9.59 Å². The molecule has 0 saturated heterocycles. The molecule has 0 aromatic carbocycles. The third-order valence-electron chi connectivity index (χ3n) is 5.56. The summed E-state index contributed by atoms with van der Waals surface area (Å²) in [5.74, 6) is 0. The molecule has 0 spiro atoms. The highest BCUT2D eigenvalue weighted by Crippen LogP contribution is 2.52. The van der Waals surface area contributed by atoms with Gasteiger partial charge in [-0.1, -0.05) is 62.3 Å². The van der Waals surface area contributed by atoms with Gasteiger partial charge < -0.3 is 25.4 Å². The summed E-state index contributed by atoms with van der Waals surface area (Å²) < 4.78 is 17.6. The van der Waals surface area contributed by atoms with Crippen molar-refractivity contribution in [2.75, 3.05) is 6.61 Å². The van der Waals surface area contributed by atoms with Crippen molar-refractivity contribution in [3.8, 4) is 0 Å². The van der Waals surface area contributed by atoms with Crippen molar-refractivity contribution in [1.29, 1.82) is 0 Å². The lowest BCUT2D eigenvalue weighted by Crippen LogP contribution is -2.68. The van der Waals surface area contributed by atoms with Crippen molar-refractivity contribution >= 4 is 20.5 Å². The van der Waals surface area contributed by atoms with Crippen LogP contribution in [-0.2, 0) is 13.9 Å². The van der Waals surface area contributed by atoms with E-state index in [0.717, 1.165) is 0 Å². The van der Waals surface area contributed by atoms with E-state index in [-0.39, 0.29) is 11.6 Å². The van der Waals surface area contributed by atoms with E-state index in [1.807, 2.05) is 41.5 Å². The lowest BCUT2D eigenvalue weighted by atomic mass is 9.59. The molecular formula is C19H40N2O5Si. The van der Waals surface area contributed by atoms with Gasteiger partial charge in [-0.2, -0.15) is 0 Å². The minimum absolute atomic E-state index is 0.105. The molecule has 7 nitrogen and oxygen atoms in total. The molecule has 0 saturated carbocycles. The number of nitrogens with two attached hydrogens (primary N) is 2. The molecule has 2 amide bonds. The van der Waals surface area contributed by atoms with E-state index in [2.05, 4.69) is 33.9 Å². The SMILES string of the molecule is CC(C)(C)C(OC(N)=O)(C(COC(N)=O)O[Si](C)(C)C(C)(C)C)C(C)(C)C. The largest absolute Gasteiger partial charge is 0.447 e. The highest BCUT2D eigenvalue weighted by Gasteiger charge is 2.61. The smallest absolute Gasteiger partial charge is 0.405 e. The molecular weight excluding hydrogens is 364 g/mol. The summed E-state index contributed by atoms with van der Waals surface area (Å²) in [6.07, 6.45) is -2.55. The predicted molar refractivity (Wildman–Crippen MR) is 110 cm³/mol. The van der Waals surface area contributed by atoms with E-state index in [0.29, 0.717) is 0 Å². The summed E-state index contributed by atoms with van der Waals surface area (Å²) >= 11 is 0. The molecule has 0 bridgehead atoms. The summed E-state index contributed by atoms with van der Waals surface area (Å²) in [4.78, 5) is 23.3. The normalized spacial score (nSPS) is 15.2. The Balaban J connectivity index is 6.59. The van der Waals surface area contributed by atoms with Gasteiger partial charge in [0.05, 0.1) is 0 Å². The van der Waals surface area contributed by atoms with E-state index in [1.165, 1.54) is 0 Å². The molecule has 0 rings (SSSR count). The maximum Gasteiger partial charge on any atom is 0.405 e. The van der Waals surface area contributed by atoms with Crippen LogP contribution in [0.5, 0.6) is 0 Å². The van der Waals surface area contributed by atoms with Crippen LogP contribution < -0.4 is 11.5 Å². The molecule has 160 valence electrons. The Kier molecular flexibility index (Phi) is 7.61. The van der Waals surface area contributed by atoms with Crippen LogP contribution >= 0.6 is 0 Å². The van der Waals surface area contributed by atoms with Crippen LogP contribution in [0.25, 0.3) is 0 Å². The molecule has 0 radical (unpaired) electrons. The molecule has 4 N–H and O–H groups in total. The molecule has 0 aromatic rings. The summed E-state index contributed by atoms with van der Waals surface area (Å²) in [6, 6.07) is 0. The second-order valence-corrected chi connectivity index (χ2v) is 15.4. The maximum atomic E-state index is 11.9. The van der Waals surface area contributed by atoms with Gasteiger partial charge in [-0.05, 0) is 18.1 Å². The zero-order valence-electron chi connectivity index (χ0n) is 19.0. The Morgan fingerprint density at radius 3 is 1.52 bits per heavy atom. The monoisotopic (exact) mass is 404 g/mol. The molecule has 0 heterocycles. The number of carbonyl (C=O) groups is 2. The fourth-order valence-corrected chi connectivity index (χ4v) is 4.84. The van der Waals surface area contributed by atoms with Gasteiger partial charge in [0.1, 0.15) is 12.7 Å². The average Bonchev–Trinajstić information content (AvgIpc) is 2.36. The quantitative estimate of drug-likeness (QED) is 0.637. The number of carbonyl (C=O) groups excluding carboxylic acids is 2. The van der Waals surface area contributed by atoms with Crippen LogP contribution in [0.2, 0.25) is 18.1 Å². The van der Waals surface area contributed by atoms with Crippen molar-refractivity contribution in [1.82, 2.24) is 0 Å². The van der Waals surface area contributed by atoms with Crippen molar-refractivity contribution < 1.29 is 23.5 Å². The summed E-state index contributed by atoms with van der Waals surface area (Å²) in [7, 11) is -2.32. The average molecular weight is 405 g/mol. The van der Waals surface area contributed by atoms with Gasteiger partial charge in [0.2, 0.25) is 0 Å². The van der Waals surface area contributed by atoms with Crippen LogP contribution in [0.1, 0.15) is 62.3 Å². The molecule has 27 heavy (non-hydrogen) atoms. The molecule has 0 aliphatic carbocycles. The van der Waals surface area contributed by atoms with Gasteiger partial charge in [-0.3, -0.25) is 0 Å². The number of hydrogen-bond acceptors (Lipinski definition) is 5. The van der Waals surface area contributed by atoms with Crippen molar-refractivity contribution in [2.45, 2.75) is 92.2 Å². The van der Waals surface area contributed by atoms with Gasteiger partial charge in [-0.25, -0.2) is 9.59 Å². The first kappa shape index (κ1) is 25.7. The Morgan fingerprint density at radius 1 is 0.852 bits per heavy atom. The molecule has 8 heteroatoms. The molecule has 0 aliphatic rings. The summed E-state index contributed by atoms with van der Waals surface area (Å²) in [5.41, 5.74) is 8.37. The summed E-state index contributed by atoms with van der Waals surface area (Å²) in [5, 5.41) is -0.105. The number of primary amides is 2. The van der Waals surface area contributed by atoms with Crippen LogP contribution in [0, 0.1) is 10.8 Å².